The highest BCUT2D eigenvalue weighted by Gasteiger charge is 2.24. The zero-order valence-corrected chi connectivity index (χ0v) is 15.0. The van der Waals surface area contributed by atoms with Gasteiger partial charge < -0.3 is 10.8 Å². The van der Waals surface area contributed by atoms with Crippen molar-refractivity contribution < 1.29 is 9.50 Å². The van der Waals surface area contributed by atoms with Crippen LogP contribution in [0, 0.1) is 11.7 Å². The molecule has 3 N–H and O–H groups in total. The van der Waals surface area contributed by atoms with Gasteiger partial charge in [0.05, 0.1) is 17.9 Å². The molecule has 2 aliphatic rings. The molecule has 0 fully saturated rings. The molecule has 1 aliphatic heterocycles. The van der Waals surface area contributed by atoms with Gasteiger partial charge in [0.2, 0.25) is 0 Å². The third kappa shape index (κ3) is 2.76. The predicted molar refractivity (Wildman–Crippen MR) is 107 cm³/mol. The first-order valence-corrected chi connectivity index (χ1v) is 9.15. The van der Waals surface area contributed by atoms with Gasteiger partial charge in [0, 0.05) is 41.0 Å². The number of phenolic OH excluding ortho intramolecular Hbond substituents is 1. The zero-order chi connectivity index (χ0) is 19.3. The SMILES string of the molecule is Nc1cc(-c2cc(O)cc(F)c2)nc2c(C3=CC4C=CCCC4N=C3)cnn12. The van der Waals surface area contributed by atoms with Gasteiger partial charge in [-0.3, -0.25) is 4.99 Å². The van der Waals surface area contributed by atoms with E-state index in [4.69, 9.17) is 10.7 Å². The molecule has 2 aromatic heterocycles. The Hall–Kier alpha value is -3.48. The van der Waals surface area contributed by atoms with Crippen molar-refractivity contribution in [1.82, 2.24) is 14.6 Å². The maximum Gasteiger partial charge on any atom is 0.165 e. The molecule has 140 valence electrons. The van der Waals surface area contributed by atoms with E-state index < -0.39 is 5.82 Å². The van der Waals surface area contributed by atoms with E-state index in [0.29, 0.717) is 28.8 Å². The van der Waals surface area contributed by atoms with Gasteiger partial charge in [0.25, 0.3) is 0 Å². The first kappa shape index (κ1) is 16.7. The van der Waals surface area contributed by atoms with E-state index in [0.717, 1.165) is 30.0 Å². The van der Waals surface area contributed by atoms with Gasteiger partial charge >= 0.3 is 0 Å². The molecule has 7 heteroatoms. The molecule has 0 saturated heterocycles. The van der Waals surface area contributed by atoms with E-state index in [-0.39, 0.29) is 11.7 Å². The van der Waals surface area contributed by atoms with Crippen molar-refractivity contribution >= 4 is 23.3 Å². The summed E-state index contributed by atoms with van der Waals surface area (Å²) in [5.74, 6) is -0.0642. The lowest BCUT2D eigenvalue weighted by atomic mass is 9.86. The Labute approximate surface area is 160 Å². The number of aliphatic imine (C=N–C) groups is 1. The Morgan fingerprint density at radius 1 is 1.21 bits per heavy atom. The second kappa shape index (κ2) is 6.30. The number of aromatic hydroxyl groups is 1. The number of benzene rings is 1. The number of phenols is 1. The van der Waals surface area contributed by atoms with Gasteiger partial charge in [-0.05, 0) is 25.0 Å². The van der Waals surface area contributed by atoms with Gasteiger partial charge in [0.1, 0.15) is 17.4 Å². The minimum Gasteiger partial charge on any atom is -0.508 e. The van der Waals surface area contributed by atoms with Crippen LogP contribution in [0.25, 0.3) is 22.5 Å². The number of anilines is 1. The Kier molecular flexibility index (Phi) is 3.75. The van der Waals surface area contributed by atoms with Crippen molar-refractivity contribution in [3.05, 3.63) is 60.1 Å². The average molecular weight is 375 g/mol. The Morgan fingerprint density at radius 3 is 2.96 bits per heavy atom. The first-order chi connectivity index (χ1) is 13.6. The van der Waals surface area contributed by atoms with Crippen LogP contribution in [0.2, 0.25) is 0 Å². The molecule has 0 amide bonds. The zero-order valence-electron chi connectivity index (χ0n) is 15.0. The molecule has 2 atom stereocenters. The lowest BCUT2D eigenvalue weighted by Gasteiger charge is -2.25. The van der Waals surface area contributed by atoms with Crippen molar-refractivity contribution in [3.63, 3.8) is 0 Å². The molecule has 2 unspecified atom stereocenters. The molecular formula is C21H18FN5O. The van der Waals surface area contributed by atoms with Crippen molar-refractivity contribution in [3.8, 4) is 17.0 Å². The Morgan fingerprint density at radius 2 is 2.11 bits per heavy atom. The van der Waals surface area contributed by atoms with Gasteiger partial charge in [-0.25, -0.2) is 9.37 Å². The normalized spacial score (nSPS) is 21.0. The van der Waals surface area contributed by atoms with Crippen LogP contribution in [0.3, 0.4) is 0 Å². The number of fused-ring (bicyclic) bond motifs is 2. The number of halogens is 1. The van der Waals surface area contributed by atoms with E-state index in [1.165, 1.54) is 12.1 Å². The summed E-state index contributed by atoms with van der Waals surface area (Å²) in [5.41, 5.74) is 9.39. The summed E-state index contributed by atoms with van der Waals surface area (Å²) in [4.78, 5) is 9.35. The highest BCUT2D eigenvalue weighted by Crippen LogP contribution is 2.32. The van der Waals surface area contributed by atoms with E-state index in [9.17, 15) is 9.50 Å². The van der Waals surface area contributed by atoms with Crippen LogP contribution in [0.15, 0.2) is 53.7 Å². The standard InChI is InChI=1S/C21H18FN5O/c22-15-6-13(7-16(28)8-15)19-9-20(23)27-21(26-19)17(11-25-27)14-5-12-3-1-2-4-18(12)24-10-14/h1,3,5-12,18,28H,2,4,23H2. The summed E-state index contributed by atoms with van der Waals surface area (Å²) in [6.07, 6.45) is 12.3. The summed E-state index contributed by atoms with van der Waals surface area (Å²) in [6, 6.07) is 5.72. The third-order valence-corrected chi connectivity index (χ3v) is 5.20. The molecule has 6 nitrogen and oxygen atoms in total. The Balaban J connectivity index is 1.64. The lowest BCUT2D eigenvalue weighted by molar-refractivity contribution is 0.469. The van der Waals surface area contributed by atoms with Gasteiger partial charge in [-0.15, -0.1) is 0 Å². The number of allylic oxidation sites excluding steroid dienone is 2. The number of nitrogens with two attached hydrogens (primary N) is 1. The molecule has 5 rings (SSSR count). The molecule has 1 aromatic carbocycles. The molecule has 0 bridgehead atoms. The molecule has 0 saturated carbocycles. The molecule has 28 heavy (non-hydrogen) atoms. The van der Waals surface area contributed by atoms with Crippen molar-refractivity contribution in [2.75, 3.05) is 5.73 Å². The van der Waals surface area contributed by atoms with Crippen LogP contribution >= 0.6 is 0 Å². The van der Waals surface area contributed by atoms with Crippen molar-refractivity contribution in [2.45, 2.75) is 18.9 Å². The second-order valence-corrected chi connectivity index (χ2v) is 7.11. The predicted octanol–water partition coefficient (Wildman–Crippen LogP) is 3.63. The monoisotopic (exact) mass is 375 g/mol. The number of rotatable bonds is 2. The van der Waals surface area contributed by atoms with E-state index in [1.54, 1.807) is 16.8 Å². The Bertz CT molecular complexity index is 1160. The van der Waals surface area contributed by atoms with Crippen LogP contribution in [0.4, 0.5) is 10.2 Å². The fourth-order valence-corrected chi connectivity index (χ4v) is 3.83. The van der Waals surface area contributed by atoms with Crippen LogP contribution in [-0.4, -0.2) is 32.0 Å². The van der Waals surface area contributed by atoms with E-state index >= 15 is 0 Å². The second-order valence-electron chi connectivity index (χ2n) is 7.11. The van der Waals surface area contributed by atoms with Gasteiger partial charge in [0.15, 0.2) is 5.65 Å². The molecule has 0 spiro atoms. The number of hydrogen-bond donors (Lipinski definition) is 2. The van der Waals surface area contributed by atoms with Crippen molar-refractivity contribution in [2.24, 2.45) is 10.9 Å². The highest BCUT2D eigenvalue weighted by molar-refractivity contribution is 6.13. The fourth-order valence-electron chi connectivity index (χ4n) is 3.83. The average Bonchev–Trinajstić information content (AvgIpc) is 3.11. The summed E-state index contributed by atoms with van der Waals surface area (Å²) in [6.45, 7) is 0. The highest BCUT2D eigenvalue weighted by atomic mass is 19.1. The van der Waals surface area contributed by atoms with E-state index in [2.05, 4.69) is 28.3 Å². The first-order valence-electron chi connectivity index (χ1n) is 9.15. The summed E-state index contributed by atoms with van der Waals surface area (Å²) >= 11 is 0. The van der Waals surface area contributed by atoms with Crippen LogP contribution in [0.5, 0.6) is 5.75 Å². The topological polar surface area (TPSA) is 88.8 Å². The van der Waals surface area contributed by atoms with Crippen molar-refractivity contribution in [1.29, 1.82) is 0 Å². The maximum absolute atomic E-state index is 13.7. The largest absolute Gasteiger partial charge is 0.508 e. The summed E-state index contributed by atoms with van der Waals surface area (Å²) in [5, 5.41) is 14.1. The number of hydrogen-bond acceptors (Lipinski definition) is 5. The molecule has 3 heterocycles. The van der Waals surface area contributed by atoms with Gasteiger partial charge in [-0.2, -0.15) is 9.61 Å². The van der Waals surface area contributed by atoms with Crippen LogP contribution in [-0.2, 0) is 0 Å². The molecular weight excluding hydrogens is 357 g/mol. The van der Waals surface area contributed by atoms with Crippen LogP contribution in [0.1, 0.15) is 18.4 Å². The minimum absolute atomic E-state index is 0.166. The van der Waals surface area contributed by atoms with Gasteiger partial charge in [-0.1, -0.05) is 18.2 Å². The number of aromatic nitrogens is 3. The lowest BCUT2D eigenvalue weighted by Crippen LogP contribution is -2.21. The molecule has 3 aromatic rings. The maximum atomic E-state index is 13.7. The summed E-state index contributed by atoms with van der Waals surface area (Å²) < 4.78 is 15.3. The number of dihydropyridines is 1. The molecule has 1 aliphatic carbocycles. The summed E-state index contributed by atoms with van der Waals surface area (Å²) in [7, 11) is 0. The fraction of sp³-hybridized carbons (Fsp3) is 0.190. The van der Waals surface area contributed by atoms with E-state index in [1.807, 2.05) is 6.21 Å². The number of nitrogens with zero attached hydrogens (tertiary/aromatic N) is 4. The number of nitrogen functional groups attached to an aromatic ring is 1. The molecule has 0 radical (unpaired) electrons. The quantitative estimate of drug-likeness (QED) is 0.670. The van der Waals surface area contributed by atoms with Crippen LogP contribution < -0.4 is 5.73 Å². The third-order valence-electron chi connectivity index (χ3n) is 5.20. The smallest absolute Gasteiger partial charge is 0.165 e. The minimum atomic E-state index is -0.541.